The average molecular weight is 746 g/mol. The third kappa shape index (κ3) is 4.18. The summed E-state index contributed by atoms with van der Waals surface area (Å²) in [5.74, 6) is -3.48. The summed E-state index contributed by atoms with van der Waals surface area (Å²) in [6.07, 6.45) is -1.88. The van der Waals surface area contributed by atoms with E-state index in [1.807, 2.05) is 0 Å². The second-order valence-corrected chi connectivity index (χ2v) is 115. The molecule has 0 amide bonds. The summed E-state index contributed by atoms with van der Waals surface area (Å²) in [6.45, 7) is 79.3. The highest BCUT2D eigenvalue weighted by Crippen LogP contribution is 2.98. The summed E-state index contributed by atoms with van der Waals surface area (Å²) >= 11 is 0. The van der Waals surface area contributed by atoms with Crippen molar-refractivity contribution in [2.45, 2.75) is 233 Å². The highest BCUT2D eigenvalue weighted by molar-refractivity contribution is 9.14. The highest BCUT2D eigenvalue weighted by atomic mass is 32.7. The molecule has 0 aliphatic carbocycles. The molecule has 0 radical (unpaired) electrons. The summed E-state index contributed by atoms with van der Waals surface area (Å²) < 4.78 is 0. The van der Waals surface area contributed by atoms with Gasteiger partial charge in [-0.3, -0.25) is 0 Å². The molecule has 0 spiro atoms. The Morgan fingerprint density at radius 3 is 0.523 bits per heavy atom. The molecule has 0 N–H and O–H groups in total. The highest BCUT2D eigenvalue weighted by Gasteiger charge is 3.18. The number of hydrogen-bond donors (Lipinski definition) is 0. The van der Waals surface area contributed by atoms with E-state index in [2.05, 4.69) is 203 Å². The molecule has 2 fully saturated rings. The van der Waals surface area contributed by atoms with Crippen molar-refractivity contribution >= 4 is 58.7 Å². The van der Waals surface area contributed by atoms with E-state index >= 15 is 0 Å². The molecular weight excluding hydrogens is 661 g/mol. The minimum Gasteiger partial charge on any atom is -0.223 e. The van der Waals surface area contributed by atoms with E-state index in [1.165, 1.54) is 0 Å². The Kier molecular flexibility index (Phi) is 9.56. The average Bonchev–Trinajstić information content (AvgIpc) is 3.52. The second-order valence-electron chi connectivity index (χ2n) is 24.7. The van der Waals surface area contributed by atoms with Crippen molar-refractivity contribution in [1.29, 1.82) is 0 Å². The summed E-state index contributed by atoms with van der Waals surface area (Å²) in [5.41, 5.74) is 0. The minimum absolute atomic E-state index is 0.409. The molecule has 0 aromatic rings. The zero-order valence-electron chi connectivity index (χ0n) is 35.9. The monoisotopic (exact) mass is 744 g/mol. The Morgan fingerprint density at radius 2 is 0.409 bits per heavy atom. The van der Waals surface area contributed by atoms with Gasteiger partial charge in [0.25, 0.3) is 0 Å². The molecule has 2 atom stereocenters. The van der Waals surface area contributed by atoms with Crippen LogP contribution in [0.15, 0.2) is 0 Å². The van der Waals surface area contributed by atoms with Crippen molar-refractivity contribution in [2.24, 2.45) is 0 Å². The maximum Gasteiger partial charge on any atom is 0.0888 e. The van der Waals surface area contributed by atoms with E-state index in [9.17, 15) is 0 Å². The smallest absolute Gasteiger partial charge is 0.0888 e. The van der Waals surface area contributed by atoms with E-state index in [0.717, 1.165) is 0 Å². The van der Waals surface area contributed by atoms with Gasteiger partial charge in [-0.05, 0) is 40.3 Å². The van der Waals surface area contributed by atoms with Crippen LogP contribution in [0.1, 0.15) is 166 Å². The number of fused-ring (bicyclic) bond motifs is 1. The van der Waals surface area contributed by atoms with Crippen molar-refractivity contribution in [3.8, 4) is 0 Å². The van der Waals surface area contributed by atoms with Gasteiger partial charge < -0.3 is 0 Å². The standard InChI is InChI=1S/C36H84SSi7/c1-29(2,3)38(25,30(4,5)6)42-37-43(42,39(26,31(7,8)9)32(10,11)12)44(42,40(27,33(13,14)15)34(16,17)18)41(28,35(19,20)21)36(22,23)24/h1-28H3/t42-,43+. The van der Waals surface area contributed by atoms with E-state index < -0.39 is 48.1 Å². The zero-order chi connectivity index (χ0) is 36.2. The fourth-order valence-corrected chi connectivity index (χ4v) is 583. The fourth-order valence-electron chi connectivity index (χ4n) is 13.2. The van der Waals surface area contributed by atoms with Crippen LogP contribution in [0.25, 0.3) is 0 Å². The predicted octanol–water partition coefficient (Wildman–Crippen LogP) is 14.4. The van der Waals surface area contributed by atoms with Crippen molar-refractivity contribution < 1.29 is 0 Å². The first kappa shape index (κ1) is 42.0. The maximum absolute atomic E-state index is 3.14. The lowest BCUT2D eigenvalue weighted by Gasteiger charge is -2.72. The summed E-state index contributed by atoms with van der Waals surface area (Å²) in [4.78, 5) is 0. The van der Waals surface area contributed by atoms with Crippen LogP contribution in [0.4, 0.5) is 0 Å². The van der Waals surface area contributed by atoms with Gasteiger partial charge in [0.05, 0.1) is 32.9 Å². The van der Waals surface area contributed by atoms with Crippen molar-refractivity contribution in [1.82, 2.24) is 0 Å². The first-order valence-corrected chi connectivity index (χ1v) is 43.4. The Labute approximate surface area is 289 Å². The van der Waals surface area contributed by atoms with Gasteiger partial charge >= 0.3 is 0 Å². The van der Waals surface area contributed by atoms with Gasteiger partial charge in [0.2, 0.25) is 0 Å². The third-order valence-electron chi connectivity index (χ3n) is 16.7. The quantitative estimate of drug-likeness (QED) is 0.204. The molecule has 2 aliphatic heterocycles. The molecule has 0 aromatic carbocycles. The van der Waals surface area contributed by atoms with Gasteiger partial charge in [-0.15, -0.1) is 0 Å². The molecular formula is C36H84SSi7. The molecule has 0 unspecified atom stereocenters. The van der Waals surface area contributed by atoms with Gasteiger partial charge in [0.15, 0.2) is 0 Å². The molecule has 44 heavy (non-hydrogen) atoms. The molecule has 0 bridgehead atoms. The van der Waals surface area contributed by atoms with Gasteiger partial charge in [-0.1, -0.05) is 192 Å². The van der Waals surface area contributed by atoms with Gasteiger partial charge in [-0.25, -0.2) is 10.7 Å². The predicted molar refractivity (Wildman–Crippen MR) is 229 cm³/mol. The lowest BCUT2D eigenvalue weighted by molar-refractivity contribution is 0.624. The summed E-state index contributed by atoms with van der Waals surface area (Å²) in [6, 6.07) is 0. The molecule has 2 aliphatic rings. The van der Waals surface area contributed by atoms with Crippen LogP contribution >= 0.6 is 10.7 Å². The van der Waals surface area contributed by atoms with E-state index in [1.54, 1.807) is 0 Å². The van der Waals surface area contributed by atoms with Gasteiger partial charge in [0, 0.05) is 15.2 Å². The Hall–Kier alpha value is 1.87. The number of hydrogen-bond acceptors (Lipinski definition) is 1. The van der Waals surface area contributed by atoms with Crippen LogP contribution in [0.5, 0.6) is 0 Å². The van der Waals surface area contributed by atoms with E-state index in [0.29, 0.717) is 40.3 Å². The minimum atomic E-state index is -1.94. The third-order valence-corrected chi connectivity index (χ3v) is 262. The maximum atomic E-state index is 3.14. The SMILES string of the molecule is CC(C)(C)[Si](C)(C(C)(C)C)[Si]1([Si](C)(C(C)(C)C)C(C)(C)C)[Si@@]2([Si](C)(C(C)(C)C)C(C)(C)C)S[Si@@]12[Si](C)(C(C)(C)C)C(C)(C)C. The van der Waals surface area contributed by atoms with E-state index in [4.69, 9.17) is 0 Å². The van der Waals surface area contributed by atoms with Crippen LogP contribution in [-0.4, -0.2) is 48.1 Å². The largest absolute Gasteiger partial charge is 0.223 e. The van der Waals surface area contributed by atoms with Crippen LogP contribution < -0.4 is 0 Å². The van der Waals surface area contributed by atoms with Crippen molar-refractivity contribution in [3.63, 3.8) is 0 Å². The first-order chi connectivity index (χ1) is 18.5. The summed E-state index contributed by atoms with van der Waals surface area (Å²) in [7, 11) is -4.59. The molecule has 2 saturated heterocycles. The van der Waals surface area contributed by atoms with Crippen molar-refractivity contribution in [3.05, 3.63) is 0 Å². The molecule has 0 aromatic heterocycles. The molecule has 2 heterocycles. The summed E-state index contributed by atoms with van der Waals surface area (Å²) in [5, 5.41) is 3.34. The zero-order valence-corrected chi connectivity index (χ0v) is 43.7. The normalized spacial score (nSPS) is 26.5. The molecule has 0 saturated carbocycles. The van der Waals surface area contributed by atoms with Crippen LogP contribution in [0, 0.1) is 0 Å². The molecule has 262 valence electrons. The number of rotatable bonds is 4. The van der Waals surface area contributed by atoms with Crippen LogP contribution in [0.2, 0.25) is 66.5 Å². The van der Waals surface area contributed by atoms with Gasteiger partial charge in [-0.2, -0.15) is 0 Å². The molecule has 0 nitrogen and oxygen atoms in total. The Morgan fingerprint density at radius 1 is 0.273 bits per heavy atom. The van der Waals surface area contributed by atoms with Crippen LogP contribution in [-0.2, 0) is 0 Å². The second kappa shape index (κ2) is 10.0. The van der Waals surface area contributed by atoms with Crippen molar-refractivity contribution in [2.75, 3.05) is 0 Å². The topological polar surface area (TPSA) is 0 Å². The lowest BCUT2D eigenvalue weighted by Crippen LogP contribution is -2.90. The van der Waals surface area contributed by atoms with E-state index in [-0.39, 0.29) is 0 Å². The van der Waals surface area contributed by atoms with Crippen LogP contribution in [0.3, 0.4) is 0 Å². The first-order valence-electron chi connectivity index (χ1n) is 18.2. The van der Waals surface area contributed by atoms with Gasteiger partial charge in [0.1, 0.15) is 0 Å². The lowest BCUT2D eigenvalue weighted by atomic mass is 10.2. The Bertz CT molecular complexity index is 987. The molecule has 8 heteroatoms. The molecule has 2 rings (SSSR count). The Balaban J connectivity index is 3.76. The fraction of sp³-hybridized carbons (Fsp3) is 1.00.